The second-order valence-corrected chi connectivity index (χ2v) is 7.65. The Labute approximate surface area is 129 Å². The van der Waals surface area contributed by atoms with Crippen LogP contribution in [0.3, 0.4) is 0 Å². The second kappa shape index (κ2) is 5.44. The van der Waals surface area contributed by atoms with Crippen molar-refractivity contribution in [3.05, 3.63) is 64.7 Å². The van der Waals surface area contributed by atoms with Gasteiger partial charge >= 0.3 is 0 Å². The van der Waals surface area contributed by atoms with Gasteiger partial charge in [0, 0.05) is 16.9 Å². The van der Waals surface area contributed by atoms with E-state index in [9.17, 15) is 13.5 Å². The zero-order valence-electron chi connectivity index (χ0n) is 11.2. The summed E-state index contributed by atoms with van der Waals surface area (Å²) in [5, 5.41) is 10.4. The van der Waals surface area contributed by atoms with Crippen molar-refractivity contribution in [2.24, 2.45) is 0 Å². The van der Waals surface area contributed by atoms with E-state index < -0.39 is 9.84 Å². The Morgan fingerprint density at radius 3 is 2.52 bits per heavy atom. The molecule has 3 nitrogen and oxygen atoms in total. The molecular weight excluding hydrogens is 308 g/mol. The molecule has 2 aromatic rings. The van der Waals surface area contributed by atoms with E-state index in [1.807, 2.05) is 30.3 Å². The standard InChI is InChI=1S/C16H15ClO3S/c17-15-7-3-1-5-11(15)13(9-18)14-10-21(19,20)16-8-4-2-6-12(14)16/h1-8,13-14,18H,9-10H2. The first-order valence-corrected chi connectivity index (χ1v) is 8.74. The lowest BCUT2D eigenvalue weighted by Gasteiger charge is -2.22. The van der Waals surface area contributed by atoms with Crippen LogP contribution in [-0.2, 0) is 9.84 Å². The number of rotatable bonds is 3. The first-order chi connectivity index (χ1) is 10.0. The molecule has 2 unspecified atom stereocenters. The average Bonchev–Trinajstić information content (AvgIpc) is 2.74. The van der Waals surface area contributed by atoms with Crippen molar-refractivity contribution in [2.75, 3.05) is 12.4 Å². The van der Waals surface area contributed by atoms with Gasteiger partial charge < -0.3 is 5.11 Å². The molecule has 0 saturated heterocycles. The molecule has 5 heteroatoms. The van der Waals surface area contributed by atoms with Gasteiger partial charge in [-0.2, -0.15) is 0 Å². The Hall–Kier alpha value is -1.36. The molecule has 3 rings (SSSR count). The molecule has 1 heterocycles. The first kappa shape index (κ1) is 14.6. The van der Waals surface area contributed by atoms with E-state index in [1.54, 1.807) is 18.2 Å². The van der Waals surface area contributed by atoms with Gasteiger partial charge in [-0.3, -0.25) is 0 Å². The SMILES string of the molecule is O=S1(=O)CC(C(CO)c2ccccc2Cl)c2ccccc21. The highest BCUT2D eigenvalue weighted by Gasteiger charge is 2.39. The van der Waals surface area contributed by atoms with Gasteiger partial charge in [0.15, 0.2) is 9.84 Å². The first-order valence-electron chi connectivity index (χ1n) is 6.71. The molecule has 1 N–H and O–H groups in total. The summed E-state index contributed by atoms with van der Waals surface area (Å²) in [6.07, 6.45) is 0. The molecule has 110 valence electrons. The average molecular weight is 323 g/mol. The number of aliphatic hydroxyl groups is 1. The van der Waals surface area contributed by atoms with Gasteiger partial charge in [-0.05, 0) is 23.3 Å². The Morgan fingerprint density at radius 2 is 1.81 bits per heavy atom. The van der Waals surface area contributed by atoms with Crippen LogP contribution < -0.4 is 0 Å². The minimum Gasteiger partial charge on any atom is -0.396 e. The van der Waals surface area contributed by atoms with E-state index in [4.69, 9.17) is 11.6 Å². The highest BCUT2D eigenvalue weighted by atomic mass is 35.5. The molecule has 0 aliphatic carbocycles. The van der Waals surface area contributed by atoms with E-state index in [-0.39, 0.29) is 24.2 Å². The normalized spacial score (nSPS) is 21.0. The summed E-state index contributed by atoms with van der Waals surface area (Å²) in [5.74, 6) is -0.573. The van der Waals surface area contributed by atoms with Gasteiger partial charge in [-0.1, -0.05) is 48.0 Å². The van der Waals surface area contributed by atoms with Crippen molar-refractivity contribution >= 4 is 21.4 Å². The number of aliphatic hydroxyl groups excluding tert-OH is 1. The lowest BCUT2D eigenvalue weighted by atomic mass is 9.83. The van der Waals surface area contributed by atoms with Crippen LogP contribution in [0.5, 0.6) is 0 Å². The predicted octanol–water partition coefficient (Wildman–Crippen LogP) is 2.99. The number of sulfone groups is 1. The molecule has 0 bridgehead atoms. The van der Waals surface area contributed by atoms with Crippen molar-refractivity contribution in [2.45, 2.75) is 16.7 Å². The van der Waals surface area contributed by atoms with Crippen LogP contribution in [0.2, 0.25) is 5.02 Å². The summed E-state index contributed by atoms with van der Waals surface area (Å²) in [4.78, 5) is 0.375. The van der Waals surface area contributed by atoms with Crippen molar-refractivity contribution < 1.29 is 13.5 Å². The van der Waals surface area contributed by atoms with Gasteiger partial charge in [-0.25, -0.2) is 8.42 Å². The molecule has 0 amide bonds. The molecule has 1 aliphatic rings. The van der Waals surface area contributed by atoms with Crippen LogP contribution in [0.1, 0.15) is 23.0 Å². The predicted molar refractivity (Wildman–Crippen MR) is 82.5 cm³/mol. The molecule has 21 heavy (non-hydrogen) atoms. The van der Waals surface area contributed by atoms with E-state index in [1.165, 1.54) is 0 Å². The molecule has 0 radical (unpaired) electrons. The minimum atomic E-state index is -3.28. The molecule has 2 aromatic carbocycles. The van der Waals surface area contributed by atoms with Gasteiger partial charge in [0.25, 0.3) is 0 Å². The van der Waals surface area contributed by atoms with Crippen LogP contribution >= 0.6 is 11.6 Å². The summed E-state index contributed by atoms with van der Waals surface area (Å²) in [6, 6.07) is 14.3. The number of halogens is 1. The maximum Gasteiger partial charge on any atom is 0.179 e. The molecular formula is C16H15ClO3S. The highest BCUT2D eigenvalue weighted by Crippen LogP contribution is 2.44. The van der Waals surface area contributed by atoms with E-state index in [0.29, 0.717) is 9.92 Å². The molecule has 1 aliphatic heterocycles. The van der Waals surface area contributed by atoms with Crippen LogP contribution in [0, 0.1) is 0 Å². The van der Waals surface area contributed by atoms with Gasteiger partial charge in [0.05, 0.1) is 17.3 Å². The number of hydrogen-bond acceptors (Lipinski definition) is 3. The Kier molecular flexibility index (Phi) is 3.78. The third-order valence-corrected chi connectivity index (χ3v) is 6.22. The third kappa shape index (κ3) is 2.48. The fourth-order valence-electron chi connectivity index (χ4n) is 3.04. The zero-order valence-corrected chi connectivity index (χ0v) is 12.8. The second-order valence-electron chi connectivity index (χ2n) is 5.24. The van der Waals surface area contributed by atoms with Crippen LogP contribution in [0.25, 0.3) is 0 Å². The quantitative estimate of drug-likeness (QED) is 0.945. The maximum absolute atomic E-state index is 12.3. The largest absolute Gasteiger partial charge is 0.396 e. The summed E-state index contributed by atoms with van der Waals surface area (Å²) < 4.78 is 24.6. The Bertz CT molecular complexity index is 771. The van der Waals surface area contributed by atoms with Crippen molar-refractivity contribution in [3.8, 4) is 0 Å². The summed E-state index contributed by atoms with van der Waals surface area (Å²) in [6.45, 7) is -0.141. The number of benzene rings is 2. The minimum absolute atomic E-state index is 0.0167. The smallest absolute Gasteiger partial charge is 0.179 e. The van der Waals surface area contributed by atoms with E-state index in [2.05, 4.69) is 0 Å². The summed E-state index contributed by atoms with van der Waals surface area (Å²) in [5.41, 5.74) is 1.56. The lowest BCUT2D eigenvalue weighted by molar-refractivity contribution is 0.252. The monoisotopic (exact) mass is 322 g/mol. The van der Waals surface area contributed by atoms with Crippen molar-refractivity contribution in [1.82, 2.24) is 0 Å². The molecule has 0 aromatic heterocycles. The fourth-order valence-corrected chi connectivity index (χ4v) is 5.24. The number of fused-ring (bicyclic) bond motifs is 1. The van der Waals surface area contributed by atoms with E-state index >= 15 is 0 Å². The van der Waals surface area contributed by atoms with Crippen LogP contribution in [0.4, 0.5) is 0 Å². The highest BCUT2D eigenvalue weighted by molar-refractivity contribution is 7.91. The lowest BCUT2D eigenvalue weighted by Crippen LogP contribution is -2.17. The zero-order chi connectivity index (χ0) is 15.0. The molecule has 0 saturated carbocycles. The van der Waals surface area contributed by atoms with Gasteiger partial charge in [0.2, 0.25) is 0 Å². The Morgan fingerprint density at radius 1 is 1.14 bits per heavy atom. The third-order valence-electron chi connectivity index (χ3n) is 4.04. The van der Waals surface area contributed by atoms with Gasteiger partial charge in [-0.15, -0.1) is 0 Å². The summed E-state index contributed by atoms with van der Waals surface area (Å²) in [7, 11) is -3.28. The molecule has 2 atom stereocenters. The van der Waals surface area contributed by atoms with Gasteiger partial charge in [0.1, 0.15) is 0 Å². The molecule has 0 fully saturated rings. The van der Waals surface area contributed by atoms with Crippen LogP contribution in [0.15, 0.2) is 53.4 Å². The number of hydrogen-bond donors (Lipinski definition) is 1. The summed E-state index contributed by atoms with van der Waals surface area (Å²) >= 11 is 6.21. The van der Waals surface area contributed by atoms with Crippen molar-refractivity contribution in [1.29, 1.82) is 0 Å². The maximum atomic E-state index is 12.3. The van der Waals surface area contributed by atoms with E-state index in [0.717, 1.165) is 11.1 Å². The van der Waals surface area contributed by atoms with Crippen molar-refractivity contribution in [3.63, 3.8) is 0 Å². The fraction of sp³-hybridized carbons (Fsp3) is 0.250. The topological polar surface area (TPSA) is 54.4 Å². The Balaban J connectivity index is 2.10. The van der Waals surface area contributed by atoms with Crippen LogP contribution in [-0.4, -0.2) is 25.9 Å². The molecule has 0 spiro atoms.